The lowest BCUT2D eigenvalue weighted by molar-refractivity contribution is -0.120. The molecule has 1 amide bonds. The Morgan fingerprint density at radius 2 is 2.18 bits per heavy atom. The van der Waals surface area contributed by atoms with Gasteiger partial charge in [0.05, 0.1) is 6.26 Å². The minimum atomic E-state index is -3.45. The van der Waals surface area contributed by atoms with E-state index in [0.29, 0.717) is 6.42 Å². The molecule has 0 aliphatic heterocycles. The summed E-state index contributed by atoms with van der Waals surface area (Å²) in [5, 5.41) is 0. The van der Waals surface area contributed by atoms with Crippen molar-refractivity contribution < 1.29 is 13.2 Å². The quantitative estimate of drug-likeness (QED) is 0.921. The first kappa shape index (κ1) is 12.6. The highest BCUT2D eigenvalue weighted by Crippen LogP contribution is 2.47. The van der Waals surface area contributed by atoms with E-state index in [2.05, 4.69) is 15.9 Å². The van der Waals surface area contributed by atoms with Gasteiger partial charge < -0.3 is 0 Å². The Labute approximate surface area is 109 Å². The van der Waals surface area contributed by atoms with Crippen LogP contribution < -0.4 is 4.72 Å². The van der Waals surface area contributed by atoms with Crippen molar-refractivity contribution in [3.8, 4) is 0 Å². The molecule has 1 saturated carbocycles. The molecule has 0 unspecified atom stereocenters. The molecule has 4 nitrogen and oxygen atoms in total. The predicted molar refractivity (Wildman–Crippen MR) is 68.0 cm³/mol. The third-order valence-corrected chi connectivity index (χ3v) is 3.76. The van der Waals surface area contributed by atoms with Gasteiger partial charge in [-0.25, -0.2) is 8.42 Å². The second kappa shape index (κ2) is 4.42. The van der Waals surface area contributed by atoms with Gasteiger partial charge in [0, 0.05) is 10.4 Å². The molecule has 1 N–H and O–H groups in total. The maximum atomic E-state index is 11.6. The molecule has 0 aromatic heterocycles. The van der Waals surface area contributed by atoms with Crippen molar-refractivity contribution in [1.29, 1.82) is 0 Å². The van der Waals surface area contributed by atoms with E-state index < -0.39 is 15.9 Å². The lowest BCUT2D eigenvalue weighted by Crippen LogP contribution is -2.30. The van der Waals surface area contributed by atoms with Gasteiger partial charge in [0.2, 0.25) is 15.9 Å². The van der Waals surface area contributed by atoms with Crippen LogP contribution in [0.2, 0.25) is 0 Å². The van der Waals surface area contributed by atoms with Crippen LogP contribution in [0.25, 0.3) is 0 Å². The van der Waals surface area contributed by atoms with Gasteiger partial charge in [0.25, 0.3) is 0 Å². The number of halogens is 1. The summed E-state index contributed by atoms with van der Waals surface area (Å²) in [5.74, 6) is -0.495. The SMILES string of the molecule is CS(=O)(=O)NC(=O)[C@@H]1C[C@@H]1c1cccc(Br)c1. The number of sulfonamides is 1. The molecule has 0 bridgehead atoms. The van der Waals surface area contributed by atoms with Crippen LogP contribution in [0.3, 0.4) is 0 Å². The first-order chi connectivity index (χ1) is 7.87. The topological polar surface area (TPSA) is 63.2 Å². The van der Waals surface area contributed by atoms with Crippen LogP contribution in [0.15, 0.2) is 28.7 Å². The van der Waals surface area contributed by atoms with Gasteiger partial charge in [-0.3, -0.25) is 9.52 Å². The van der Waals surface area contributed by atoms with Crippen LogP contribution in [0.4, 0.5) is 0 Å². The highest BCUT2D eigenvalue weighted by Gasteiger charge is 2.44. The number of carbonyl (C=O) groups is 1. The average molecular weight is 318 g/mol. The molecular weight excluding hydrogens is 306 g/mol. The molecule has 6 heteroatoms. The zero-order valence-corrected chi connectivity index (χ0v) is 11.6. The fourth-order valence-corrected chi connectivity index (χ4v) is 2.78. The lowest BCUT2D eigenvalue weighted by atomic mass is 10.1. The van der Waals surface area contributed by atoms with Crippen LogP contribution in [-0.2, 0) is 14.8 Å². The van der Waals surface area contributed by atoms with Gasteiger partial charge in [-0.15, -0.1) is 0 Å². The van der Waals surface area contributed by atoms with Crippen LogP contribution in [0, 0.1) is 5.92 Å². The molecule has 0 spiro atoms. The molecule has 1 aliphatic carbocycles. The van der Waals surface area contributed by atoms with E-state index in [-0.39, 0.29) is 11.8 Å². The summed E-state index contributed by atoms with van der Waals surface area (Å²) in [7, 11) is -3.45. The molecule has 1 aromatic rings. The van der Waals surface area contributed by atoms with E-state index in [4.69, 9.17) is 0 Å². The normalized spacial score (nSPS) is 23.2. The van der Waals surface area contributed by atoms with Crippen molar-refractivity contribution in [2.45, 2.75) is 12.3 Å². The van der Waals surface area contributed by atoms with Gasteiger partial charge in [-0.1, -0.05) is 28.1 Å². The van der Waals surface area contributed by atoms with Gasteiger partial charge in [-0.2, -0.15) is 0 Å². The number of hydrogen-bond acceptors (Lipinski definition) is 3. The molecule has 17 heavy (non-hydrogen) atoms. The van der Waals surface area contributed by atoms with E-state index in [1.54, 1.807) is 0 Å². The van der Waals surface area contributed by atoms with Crippen molar-refractivity contribution >= 4 is 31.9 Å². The number of benzene rings is 1. The number of rotatable bonds is 3. The number of hydrogen-bond donors (Lipinski definition) is 1. The van der Waals surface area contributed by atoms with E-state index in [9.17, 15) is 13.2 Å². The lowest BCUT2D eigenvalue weighted by Gasteiger charge is -2.02. The van der Waals surface area contributed by atoms with E-state index in [1.165, 1.54) is 0 Å². The monoisotopic (exact) mass is 317 g/mol. The van der Waals surface area contributed by atoms with Crippen molar-refractivity contribution in [3.63, 3.8) is 0 Å². The molecule has 1 aromatic carbocycles. The van der Waals surface area contributed by atoms with Crippen LogP contribution in [0.5, 0.6) is 0 Å². The van der Waals surface area contributed by atoms with Gasteiger partial charge in [0.15, 0.2) is 0 Å². The van der Waals surface area contributed by atoms with Gasteiger partial charge in [-0.05, 0) is 30.0 Å². The molecule has 92 valence electrons. The van der Waals surface area contributed by atoms with E-state index >= 15 is 0 Å². The molecule has 0 saturated heterocycles. The molecule has 0 heterocycles. The van der Waals surface area contributed by atoms with Gasteiger partial charge in [0.1, 0.15) is 0 Å². The summed E-state index contributed by atoms with van der Waals surface area (Å²) in [4.78, 5) is 11.6. The molecule has 0 radical (unpaired) electrons. The Balaban J connectivity index is 2.04. The molecule has 1 aliphatic rings. The Hall–Kier alpha value is -0.880. The molecule has 2 atom stereocenters. The summed E-state index contributed by atoms with van der Waals surface area (Å²) in [6.45, 7) is 0. The second-order valence-electron chi connectivity index (χ2n) is 4.24. The number of carbonyl (C=O) groups excluding carboxylic acids is 1. The Kier molecular flexibility index (Phi) is 3.27. The standard InChI is InChI=1S/C11H12BrNO3S/c1-17(15,16)13-11(14)10-6-9(10)7-3-2-4-8(12)5-7/h2-5,9-10H,6H2,1H3,(H,13,14)/t9-,10-/m1/s1. The fraction of sp³-hybridized carbons (Fsp3) is 0.364. The Bertz CT molecular complexity index is 556. The third kappa shape index (κ3) is 3.29. The third-order valence-electron chi connectivity index (χ3n) is 2.69. The minimum absolute atomic E-state index is 0.134. The summed E-state index contributed by atoms with van der Waals surface area (Å²) >= 11 is 3.37. The molecular formula is C11H12BrNO3S. The largest absolute Gasteiger partial charge is 0.274 e. The zero-order valence-electron chi connectivity index (χ0n) is 9.18. The molecule has 2 rings (SSSR count). The second-order valence-corrected chi connectivity index (χ2v) is 6.91. The van der Waals surface area contributed by atoms with Gasteiger partial charge >= 0.3 is 0 Å². The molecule has 1 fully saturated rings. The average Bonchev–Trinajstić information content (AvgIpc) is 2.94. The predicted octanol–water partition coefficient (Wildman–Crippen LogP) is 1.63. The highest BCUT2D eigenvalue weighted by atomic mass is 79.9. The van der Waals surface area contributed by atoms with E-state index in [1.807, 2.05) is 29.0 Å². The van der Waals surface area contributed by atoms with Crippen molar-refractivity contribution in [2.75, 3.05) is 6.26 Å². The maximum absolute atomic E-state index is 11.6. The first-order valence-corrected chi connectivity index (χ1v) is 7.82. The summed E-state index contributed by atoms with van der Waals surface area (Å²) in [5.41, 5.74) is 1.06. The van der Waals surface area contributed by atoms with Crippen LogP contribution in [0.1, 0.15) is 17.9 Å². The highest BCUT2D eigenvalue weighted by molar-refractivity contribution is 9.10. The summed E-state index contributed by atoms with van der Waals surface area (Å²) in [6, 6.07) is 7.72. The van der Waals surface area contributed by atoms with Crippen LogP contribution >= 0.6 is 15.9 Å². The van der Waals surface area contributed by atoms with Crippen molar-refractivity contribution in [2.24, 2.45) is 5.92 Å². The number of amides is 1. The summed E-state index contributed by atoms with van der Waals surface area (Å²) < 4.78 is 24.8. The van der Waals surface area contributed by atoms with Crippen molar-refractivity contribution in [3.05, 3.63) is 34.3 Å². The smallest absolute Gasteiger partial charge is 0.237 e. The Morgan fingerprint density at radius 3 is 2.76 bits per heavy atom. The zero-order chi connectivity index (χ0) is 12.6. The van der Waals surface area contributed by atoms with E-state index in [0.717, 1.165) is 16.3 Å². The van der Waals surface area contributed by atoms with Crippen LogP contribution in [-0.4, -0.2) is 20.6 Å². The maximum Gasteiger partial charge on any atom is 0.237 e. The first-order valence-electron chi connectivity index (χ1n) is 5.14. The minimum Gasteiger partial charge on any atom is -0.274 e. The number of nitrogens with one attached hydrogen (secondary N) is 1. The fourth-order valence-electron chi connectivity index (χ4n) is 1.85. The summed E-state index contributed by atoms with van der Waals surface area (Å²) in [6.07, 6.45) is 1.69. The Morgan fingerprint density at radius 1 is 1.47 bits per heavy atom. The van der Waals surface area contributed by atoms with Crippen molar-refractivity contribution in [1.82, 2.24) is 4.72 Å².